The predicted molar refractivity (Wildman–Crippen MR) is 189 cm³/mol. The third-order valence-corrected chi connectivity index (χ3v) is 9.69. The summed E-state index contributed by atoms with van der Waals surface area (Å²) in [5.74, 6) is -0.0374. The number of carbonyl (C=O) groups excluding carboxylic acids is 4. The van der Waals surface area contributed by atoms with Gasteiger partial charge in [-0.05, 0) is 123 Å². The fraction of sp³-hybridized carbons (Fsp3) is 0.263. The molecule has 0 aliphatic heterocycles. The van der Waals surface area contributed by atoms with Gasteiger partial charge in [0.2, 0.25) is 0 Å². The molecule has 3 aromatic carbocycles. The van der Waals surface area contributed by atoms with Crippen LogP contribution in [-0.4, -0.2) is 44.9 Å². The number of nitrogens with zero attached hydrogens (tertiary/aromatic N) is 1. The zero-order valence-electron chi connectivity index (χ0n) is 27.6. The molecule has 0 spiro atoms. The van der Waals surface area contributed by atoms with E-state index in [0.29, 0.717) is 74.7 Å². The van der Waals surface area contributed by atoms with Crippen molar-refractivity contribution in [1.29, 1.82) is 0 Å². The molecule has 1 heterocycles. The van der Waals surface area contributed by atoms with Gasteiger partial charge in [-0.1, -0.05) is 11.6 Å². The molecule has 5 rings (SSSR count). The second-order valence-electron chi connectivity index (χ2n) is 11.6. The quantitative estimate of drug-likeness (QED) is 0.0666. The average Bonchev–Trinajstić information content (AvgIpc) is 3.57. The van der Waals surface area contributed by atoms with E-state index in [0.717, 1.165) is 5.56 Å². The average molecular weight is 702 g/mol. The van der Waals surface area contributed by atoms with Crippen LogP contribution in [0.4, 0.5) is 5.69 Å². The molecule has 0 N–H and O–H groups in total. The predicted octanol–water partition coefficient (Wildman–Crippen LogP) is 8.22. The SMILES string of the molecule is COc1ccc(N(C)C(=O)c2ccc(OC(=O)C3CCC(C(=O)Oc4cc(C)c(OC)cc4/C=C/C(=O)c4ccc(Cl)s4)CC3)cc2)cc1. The standard InChI is InChI=1S/C38H36ClNO8S/c1-23-21-33(27(22-32(23)46-4)11-18-31(41)34-19-20-35(39)49-34)48-38(44)26-7-5-25(6-8-26)37(43)47-30-14-9-24(10-15-30)36(42)40(2)28-12-16-29(45-3)17-13-28/h9-22,25-26H,5-8H2,1-4H3/b18-11+. The van der Waals surface area contributed by atoms with Gasteiger partial charge >= 0.3 is 11.9 Å². The number of anilines is 1. The first kappa shape index (κ1) is 35.4. The van der Waals surface area contributed by atoms with Crippen LogP contribution >= 0.6 is 22.9 Å². The van der Waals surface area contributed by atoms with Crippen molar-refractivity contribution in [1.82, 2.24) is 0 Å². The van der Waals surface area contributed by atoms with Gasteiger partial charge in [-0.25, -0.2) is 0 Å². The number of hydrogen-bond donors (Lipinski definition) is 0. The highest BCUT2D eigenvalue weighted by molar-refractivity contribution is 7.18. The molecule has 1 saturated carbocycles. The topological polar surface area (TPSA) is 108 Å². The zero-order valence-corrected chi connectivity index (χ0v) is 29.1. The van der Waals surface area contributed by atoms with E-state index >= 15 is 0 Å². The molecule has 1 fully saturated rings. The van der Waals surface area contributed by atoms with Crippen LogP contribution in [0.15, 0.2) is 78.9 Å². The van der Waals surface area contributed by atoms with Gasteiger partial charge in [0.25, 0.3) is 5.91 Å². The summed E-state index contributed by atoms with van der Waals surface area (Å²) < 4.78 is 22.6. The Kier molecular flexibility index (Phi) is 11.5. The molecule has 0 saturated heterocycles. The molecule has 0 bridgehead atoms. The molecule has 1 amide bonds. The molecule has 49 heavy (non-hydrogen) atoms. The summed E-state index contributed by atoms with van der Waals surface area (Å²) in [4.78, 5) is 53.9. The van der Waals surface area contributed by atoms with Gasteiger partial charge in [0, 0.05) is 23.9 Å². The number of methoxy groups -OCH3 is 2. The van der Waals surface area contributed by atoms with Gasteiger partial charge in [0.1, 0.15) is 23.0 Å². The maximum Gasteiger partial charge on any atom is 0.314 e. The van der Waals surface area contributed by atoms with E-state index in [1.54, 1.807) is 100 Å². The zero-order chi connectivity index (χ0) is 35.1. The number of benzene rings is 3. The highest BCUT2D eigenvalue weighted by atomic mass is 35.5. The van der Waals surface area contributed by atoms with Gasteiger partial charge in [0.05, 0.1) is 35.3 Å². The van der Waals surface area contributed by atoms with Gasteiger partial charge < -0.3 is 23.8 Å². The molecule has 254 valence electrons. The van der Waals surface area contributed by atoms with Crippen molar-refractivity contribution in [2.24, 2.45) is 11.8 Å². The van der Waals surface area contributed by atoms with E-state index in [1.807, 2.05) is 6.92 Å². The fourth-order valence-electron chi connectivity index (χ4n) is 5.55. The minimum atomic E-state index is -0.401. The van der Waals surface area contributed by atoms with Gasteiger partial charge in [-0.2, -0.15) is 0 Å². The summed E-state index contributed by atoms with van der Waals surface area (Å²) in [5.41, 5.74) is 2.45. The number of ether oxygens (including phenoxy) is 4. The van der Waals surface area contributed by atoms with Crippen LogP contribution in [0.2, 0.25) is 4.34 Å². The monoisotopic (exact) mass is 701 g/mol. The lowest BCUT2D eigenvalue weighted by atomic mass is 9.82. The highest BCUT2D eigenvalue weighted by Crippen LogP contribution is 2.34. The molecule has 11 heteroatoms. The molecule has 1 aromatic heterocycles. The van der Waals surface area contributed by atoms with E-state index in [9.17, 15) is 19.2 Å². The summed E-state index contributed by atoms with van der Waals surface area (Å²) >= 11 is 7.16. The number of amides is 1. The number of rotatable bonds is 11. The lowest BCUT2D eigenvalue weighted by Crippen LogP contribution is -2.30. The van der Waals surface area contributed by atoms with E-state index in [4.69, 9.17) is 30.5 Å². The fourth-order valence-corrected chi connectivity index (χ4v) is 6.51. The Labute approximate surface area is 294 Å². The van der Waals surface area contributed by atoms with Crippen molar-refractivity contribution in [2.45, 2.75) is 32.6 Å². The molecular formula is C38H36ClNO8S. The van der Waals surface area contributed by atoms with Crippen LogP contribution in [-0.2, 0) is 9.59 Å². The van der Waals surface area contributed by atoms with Crippen molar-refractivity contribution in [3.05, 3.63) is 105 Å². The molecule has 0 unspecified atom stereocenters. The lowest BCUT2D eigenvalue weighted by Gasteiger charge is -2.26. The molecule has 9 nitrogen and oxygen atoms in total. The largest absolute Gasteiger partial charge is 0.497 e. The van der Waals surface area contributed by atoms with Crippen molar-refractivity contribution in [2.75, 3.05) is 26.2 Å². The summed E-state index contributed by atoms with van der Waals surface area (Å²) in [6.07, 6.45) is 4.85. The van der Waals surface area contributed by atoms with E-state index in [2.05, 4.69) is 0 Å². The second-order valence-corrected chi connectivity index (χ2v) is 13.4. The summed E-state index contributed by atoms with van der Waals surface area (Å²) in [5, 5.41) is 0. The molecule has 0 radical (unpaired) electrons. The first-order valence-corrected chi connectivity index (χ1v) is 16.9. The normalized spacial score (nSPS) is 15.8. The Morgan fingerprint density at radius 3 is 1.96 bits per heavy atom. The number of allylic oxidation sites excluding steroid dienone is 1. The van der Waals surface area contributed by atoms with Gasteiger partial charge in [-0.15, -0.1) is 11.3 Å². The highest BCUT2D eigenvalue weighted by Gasteiger charge is 2.32. The van der Waals surface area contributed by atoms with Crippen LogP contribution in [0, 0.1) is 18.8 Å². The Morgan fingerprint density at radius 1 is 0.776 bits per heavy atom. The van der Waals surface area contributed by atoms with Gasteiger partial charge in [-0.3, -0.25) is 19.2 Å². The van der Waals surface area contributed by atoms with Crippen LogP contribution in [0.25, 0.3) is 6.08 Å². The molecule has 4 aromatic rings. The van der Waals surface area contributed by atoms with Crippen LogP contribution in [0.1, 0.15) is 56.8 Å². The van der Waals surface area contributed by atoms with Crippen LogP contribution < -0.4 is 23.8 Å². The van der Waals surface area contributed by atoms with Crippen molar-refractivity contribution >= 4 is 58.3 Å². The number of halogens is 1. The Balaban J connectivity index is 1.15. The van der Waals surface area contributed by atoms with E-state index in [1.165, 1.54) is 22.3 Å². The molecule has 1 aliphatic carbocycles. The number of ketones is 1. The molecule has 0 atom stereocenters. The number of aryl methyl sites for hydroxylation is 1. The maximum absolute atomic E-state index is 13.3. The Morgan fingerprint density at radius 2 is 1.39 bits per heavy atom. The van der Waals surface area contributed by atoms with Crippen molar-refractivity contribution < 1.29 is 38.1 Å². The number of thiophene rings is 1. The molecular weight excluding hydrogens is 666 g/mol. The smallest absolute Gasteiger partial charge is 0.314 e. The maximum atomic E-state index is 13.3. The lowest BCUT2D eigenvalue weighted by molar-refractivity contribution is -0.145. The molecule has 1 aliphatic rings. The van der Waals surface area contributed by atoms with Crippen LogP contribution in [0.3, 0.4) is 0 Å². The number of esters is 2. The minimum Gasteiger partial charge on any atom is -0.497 e. The number of carbonyl (C=O) groups is 4. The third kappa shape index (κ3) is 8.76. The van der Waals surface area contributed by atoms with E-state index in [-0.39, 0.29) is 23.6 Å². The van der Waals surface area contributed by atoms with Gasteiger partial charge in [0.15, 0.2) is 5.78 Å². The first-order valence-electron chi connectivity index (χ1n) is 15.7. The number of hydrogen-bond acceptors (Lipinski definition) is 9. The second kappa shape index (κ2) is 16.0. The van der Waals surface area contributed by atoms with Crippen LogP contribution in [0.5, 0.6) is 23.0 Å². The Hall–Kier alpha value is -4.93. The van der Waals surface area contributed by atoms with Crippen molar-refractivity contribution in [3.8, 4) is 23.0 Å². The van der Waals surface area contributed by atoms with E-state index < -0.39 is 11.9 Å². The third-order valence-electron chi connectivity index (χ3n) is 8.45. The summed E-state index contributed by atoms with van der Waals surface area (Å²) in [6, 6.07) is 20.3. The first-order chi connectivity index (χ1) is 23.6. The minimum absolute atomic E-state index is 0.210. The summed E-state index contributed by atoms with van der Waals surface area (Å²) in [7, 11) is 4.81. The summed E-state index contributed by atoms with van der Waals surface area (Å²) in [6.45, 7) is 1.84. The Bertz CT molecular complexity index is 1860. The van der Waals surface area contributed by atoms with Crippen molar-refractivity contribution in [3.63, 3.8) is 0 Å².